The van der Waals surface area contributed by atoms with E-state index in [1.807, 2.05) is 0 Å². The number of carboxylic acids is 1. The number of aromatic carboxylic acids is 1. The van der Waals surface area contributed by atoms with Gasteiger partial charge in [0.05, 0.1) is 12.2 Å². The third kappa shape index (κ3) is 3.82. The van der Waals surface area contributed by atoms with Crippen molar-refractivity contribution < 1.29 is 19.8 Å². The fourth-order valence-corrected chi connectivity index (χ4v) is 2.90. The molecule has 1 aliphatic carbocycles. The molecule has 1 aromatic rings. The van der Waals surface area contributed by atoms with E-state index in [0.717, 1.165) is 25.7 Å². The van der Waals surface area contributed by atoms with Gasteiger partial charge < -0.3 is 15.1 Å². The lowest BCUT2D eigenvalue weighted by atomic mass is 9.93. The molecule has 1 amide bonds. The number of aliphatic hydroxyl groups is 1. The van der Waals surface area contributed by atoms with Gasteiger partial charge in [-0.2, -0.15) is 0 Å². The lowest BCUT2D eigenvalue weighted by Gasteiger charge is -2.34. The molecule has 0 atom stereocenters. The Labute approximate surface area is 124 Å². The molecule has 1 saturated carbocycles. The molecule has 0 heterocycles. The number of aliphatic hydroxyl groups excluding tert-OH is 1. The molecule has 0 aromatic heterocycles. The van der Waals surface area contributed by atoms with Gasteiger partial charge in [0.25, 0.3) is 5.91 Å². The van der Waals surface area contributed by atoms with Crippen molar-refractivity contribution in [3.8, 4) is 0 Å². The number of hydrogen-bond acceptors (Lipinski definition) is 3. The van der Waals surface area contributed by atoms with Crippen LogP contribution in [0.1, 0.15) is 52.8 Å². The van der Waals surface area contributed by atoms with Gasteiger partial charge in [-0.05, 0) is 31.0 Å². The summed E-state index contributed by atoms with van der Waals surface area (Å²) in [7, 11) is 0. The van der Waals surface area contributed by atoms with E-state index in [1.54, 1.807) is 17.0 Å². The first-order valence-electron chi connectivity index (χ1n) is 7.38. The van der Waals surface area contributed by atoms with Crippen molar-refractivity contribution in [2.75, 3.05) is 13.2 Å². The van der Waals surface area contributed by atoms with Crippen molar-refractivity contribution >= 4 is 11.9 Å². The number of hydrogen-bond donors (Lipinski definition) is 2. The number of amides is 1. The lowest BCUT2D eigenvalue weighted by molar-refractivity contribution is 0.0585. The average molecular weight is 291 g/mol. The van der Waals surface area contributed by atoms with Gasteiger partial charge in [-0.3, -0.25) is 4.79 Å². The Kier molecular flexibility index (Phi) is 5.33. The molecule has 0 bridgehead atoms. The number of carboxylic acid groups (broad SMARTS) is 1. The number of carbonyl (C=O) groups excluding carboxylic acids is 1. The van der Waals surface area contributed by atoms with Crippen LogP contribution in [0.5, 0.6) is 0 Å². The summed E-state index contributed by atoms with van der Waals surface area (Å²) in [6.07, 6.45) is 5.27. The van der Waals surface area contributed by atoms with E-state index in [9.17, 15) is 14.7 Å². The largest absolute Gasteiger partial charge is 0.478 e. The van der Waals surface area contributed by atoms with Gasteiger partial charge in [-0.1, -0.05) is 25.3 Å². The fraction of sp³-hybridized carbons (Fsp3) is 0.500. The van der Waals surface area contributed by atoms with E-state index in [-0.39, 0.29) is 24.1 Å². The molecule has 1 fully saturated rings. The van der Waals surface area contributed by atoms with Crippen molar-refractivity contribution in [3.05, 3.63) is 35.4 Å². The highest BCUT2D eigenvalue weighted by atomic mass is 16.4. The molecule has 0 unspecified atom stereocenters. The average Bonchev–Trinajstić information content (AvgIpc) is 2.53. The summed E-state index contributed by atoms with van der Waals surface area (Å²) in [6.45, 7) is 0.210. The summed E-state index contributed by atoms with van der Waals surface area (Å²) < 4.78 is 0. The Balaban J connectivity index is 2.20. The van der Waals surface area contributed by atoms with Crippen LogP contribution in [0.2, 0.25) is 0 Å². The molecule has 1 aromatic carbocycles. The third-order valence-electron chi connectivity index (χ3n) is 3.97. The highest BCUT2D eigenvalue weighted by molar-refractivity contribution is 5.97. The number of benzene rings is 1. The van der Waals surface area contributed by atoms with Gasteiger partial charge in [0, 0.05) is 18.2 Å². The van der Waals surface area contributed by atoms with E-state index < -0.39 is 5.97 Å². The summed E-state index contributed by atoms with van der Waals surface area (Å²) in [5.74, 6) is -1.24. The van der Waals surface area contributed by atoms with E-state index >= 15 is 0 Å². The summed E-state index contributed by atoms with van der Waals surface area (Å²) in [5.41, 5.74) is 0.474. The fourth-order valence-electron chi connectivity index (χ4n) is 2.90. The second-order valence-electron chi connectivity index (χ2n) is 5.40. The first-order valence-corrected chi connectivity index (χ1v) is 7.38. The Morgan fingerprint density at radius 1 is 1.14 bits per heavy atom. The first kappa shape index (κ1) is 15.5. The second kappa shape index (κ2) is 7.22. The smallest absolute Gasteiger partial charge is 0.335 e. The van der Waals surface area contributed by atoms with Crippen LogP contribution in [0.25, 0.3) is 0 Å². The summed E-state index contributed by atoms with van der Waals surface area (Å²) in [4.78, 5) is 25.3. The minimum absolute atomic E-state index is 0.0825. The summed E-state index contributed by atoms with van der Waals surface area (Å²) in [5, 5.41) is 18.2. The minimum atomic E-state index is -1.05. The minimum Gasteiger partial charge on any atom is -0.478 e. The third-order valence-corrected chi connectivity index (χ3v) is 3.97. The molecule has 0 spiro atoms. The van der Waals surface area contributed by atoms with Crippen LogP contribution in [0.3, 0.4) is 0 Å². The number of carbonyl (C=O) groups is 2. The molecule has 114 valence electrons. The second-order valence-corrected chi connectivity index (χ2v) is 5.40. The lowest BCUT2D eigenvalue weighted by Crippen LogP contribution is -2.43. The molecular formula is C16H21NO4. The zero-order chi connectivity index (χ0) is 15.2. The van der Waals surface area contributed by atoms with Gasteiger partial charge in [0.2, 0.25) is 0 Å². The molecule has 1 aliphatic rings. The molecule has 2 rings (SSSR count). The van der Waals surface area contributed by atoms with Crippen molar-refractivity contribution in [1.29, 1.82) is 0 Å². The van der Waals surface area contributed by atoms with Crippen LogP contribution >= 0.6 is 0 Å². The van der Waals surface area contributed by atoms with Gasteiger partial charge in [-0.15, -0.1) is 0 Å². The Bertz CT molecular complexity index is 509. The van der Waals surface area contributed by atoms with Crippen LogP contribution in [-0.4, -0.2) is 46.2 Å². The van der Waals surface area contributed by atoms with Gasteiger partial charge >= 0.3 is 5.97 Å². The van der Waals surface area contributed by atoms with Crippen molar-refractivity contribution in [3.63, 3.8) is 0 Å². The normalized spacial score (nSPS) is 15.7. The Morgan fingerprint density at radius 2 is 1.81 bits per heavy atom. The molecule has 5 nitrogen and oxygen atoms in total. The van der Waals surface area contributed by atoms with E-state index in [0.29, 0.717) is 12.1 Å². The molecule has 0 saturated heterocycles. The van der Waals surface area contributed by atoms with Crippen molar-refractivity contribution in [2.24, 2.45) is 0 Å². The van der Waals surface area contributed by atoms with Crippen LogP contribution in [0.15, 0.2) is 24.3 Å². The number of rotatable bonds is 5. The predicted octanol–water partition coefficient (Wildman–Crippen LogP) is 2.15. The van der Waals surface area contributed by atoms with Crippen molar-refractivity contribution in [1.82, 2.24) is 4.90 Å². The first-order chi connectivity index (χ1) is 10.1. The maximum Gasteiger partial charge on any atom is 0.335 e. The summed E-state index contributed by atoms with van der Waals surface area (Å²) >= 11 is 0. The maximum absolute atomic E-state index is 12.6. The molecule has 0 aliphatic heterocycles. The molecule has 2 N–H and O–H groups in total. The van der Waals surface area contributed by atoms with Crippen LogP contribution < -0.4 is 0 Å². The molecule has 5 heteroatoms. The van der Waals surface area contributed by atoms with E-state index in [2.05, 4.69) is 0 Å². The van der Waals surface area contributed by atoms with Gasteiger partial charge in [0.15, 0.2) is 0 Å². The van der Waals surface area contributed by atoms with Gasteiger partial charge in [0.1, 0.15) is 0 Å². The zero-order valence-electron chi connectivity index (χ0n) is 12.0. The van der Waals surface area contributed by atoms with E-state index in [1.165, 1.54) is 18.6 Å². The van der Waals surface area contributed by atoms with E-state index in [4.69, 9.17) is 5.11 Å². The molecule has 0 radical (unpaired) electrons. The number of nitrogens with zero attached hydrogens (tertiary/aromatic N) is 1. The van der Waals surface area contributed by atoms with Crippen LogP contribution in [0, 0.1) is 0 Å². The van der Waals surface area contributed by atoms with Crippen LogP contribution in [0.4, 0.5) is 0 Å². The zero-order valence-corrected chi connectivity index (χ0v) is 12.0. The standard InChI is InChI=1S/C16H21NO4/c18-10-9-17(14-7-2-1-3-8-14)15(19)12-5-4-6-13(11-12)16(20)21/h4-6,11,14,18H,1-3,7-10H2,(H,20,21). The quantitative estimate of drug-likeness (QED) is 0.871. The summed E-state index contributed by atoms with van der Waals surface area (Å²) in [6, 6.07) is 6.22. The SMILES string of the molecule is O=C(O)c1cccc(C(=O)N(CCO)C2CCCCC2)c1. The van der Waals surface area contributed by atoms with Crippen molar-refractivity contribution in [2.45, 2.75) is 38.1 Å². The predicted molar refractivity (Wildman–Crippen MR) is 78.4 cm³/mol. The monoisotopic (exact) mass is 291 g/mol. The Morgan fingerprint density at radius 3 is 2.43 bits per heavy atom. The van der Waals surface area contributed by atoms with Gasteiger partial charge in [-0.25, -0.2) is 4.79 Å². The topological polar surface area (TPSA) is 77.8 Å². The Hall–Kier alpha value is -1.88. The highest BCUT2D eigenvalue weighted by Gasteiger charge is 2.26. The van der Waals surface area contributed by atoms with Crippen LogP contribution in [-0.2, 0) is 0 Å². The highest BCUT2D eigenvalue weighted by Crippen LogP contribution is 2.24. The molecular weight excluding hydrogens is 270 g/mol. The maximum atomic E-state index is 12.6. The molecule has 21 heavy (non-hydrogen) atoms.